The molecule has 0 saturated carbocycles. The zero-order valence-electron chi connectivity index (χ0n) is 6.92. The van der Waals surface area contributed by atoms with Crippen molar-refractivity contribution in [1.29, 1.82) is 0 Å². The third-order valence-corrected chi connectivity index (χ3v) is 0.873. The summed E-state index contributed by atoms with van der Waals surface area (Å²) in [6, 6.07) is 0. The zero-order valence-corrected chi connectivity index (χ0v) is 6.92. The van der Waals surface area contributed by atoms with Gasteiger partial charge in [-0.1, -0.05) is 13.3 Å². The van der Waals surface area contributed by atoms with Crippen molar-refractivity contribution in [3.8, 4) is 0 Å². The molecule has 0 rings (SSSR count). The van der Waals surface area contributed by atoms with Crippen LogP contribution in [0, 0.1) is 0 Å². The monoisotopic (exact) mass is 163 g/mol. The molecule has 0 bridgehead atoms. The molecular formula is C7H17NO3. The molecule has 0 aliphatic carbocycles. The first-order chi connectivity index (χ1) is 5.18. The van der Waals surface area contributed by atoms with Crippen molar-refractivity contribution in [3.05, 3.63) is 0 Å². The first kappa shape index (κ1) is 13.0. The van der Waals surface area contributed by atoms with Gasteiger partial charge in [0.2, 0.25) is 0 Å². The number of hydrogen-bond acceptors (Lipinski definition) is 3. The summed E-state index contributed by atoms with van der Waals surface area (Å²) < 4.78 is 0. The third kappa shape index (κ3) is 26.6. The zero-order chi connectivity index (χ0) is 9.11. The van der Waals surface area contributed by atoms with E-state index in [2.05, 4.69) is 0 Å². The second kappa shape index (κ2) is 12.1. The lowest BCUT2D eigenvalue weighted by atomic mass is 10.3. The molecule has 0 aliphatic heterocycles. The van der Waals surface area contributed by atoms with Gasteiger partial charge in [0.15, 0.2) is 0 Å². The number of nitrogens with two attached hydrogens (primary N) is 1. The topological polar surface area (TPSA) is 83.5 Å². The molecule has 0 spiro atoms. The Morgan fingerprint density at radius 2 is 2.00 bits per heavy atom. The Morgan fingerprint density at radius 3 is 2.09 bits per heavy atom. The molecule has 0 amide bonds. The number of hydrogen-bond donors (Lipinski definition) is 3. The van der Waals surface area contributed by atoms with Crippen LogP contribution < -0.4 is 5.73 Å². The van der Waals surface area contributed by atoms with Crippen LogP contribution in [0.25, 0.3) is 0 Å². The molecule has 4 N–H and O–H groups in total. The molecule has 0 aromatic heterocycles. The molecule has 0 heterocycles. The second-order valence-corrected chi connectivity index (χ2v) is 2.01. The molecular weight excluding hydrogens is 146 g/mol. The van der Waals surface area contributed by atoms with Crippen molar-refractivity contribution in [2.45, 2.75) is 26.2 Å². The highest BCUT2D eigenvalue weighted by molar-refractivity contribution is 5.66. The summed E-state index contributed by atoms with van der Waals surface area (Å²) in [6.07, 6.45) is 2.08. The van der Waals surface area contributed by atoms with Crippen molar-refractivity contribution < 1.29 is 15.0 Å². The van der Waals surface area contributed by atoms with Gasteiger partial charge in [-0.3, -0.25) is 4.79 Å². The van der Waals surface area contributed by atoms with Gasteiger partial charge in [0.1, 0.15) is 0 Å². The van der Waals surface area contributed by atoms with Crippen LogP contribution in [0.5, 0.6) is 0 Å². The summed E-state index contributed by atoms with van der Waals surface area (Å²) in [5.74, 6) is -0.693. The van der Waals surface area contributed by atoms with Crippen molar-refractivity contribution in [2.75, 3.05) is 13.2 Å². The smallest absolute Gasteiger partial charge is 0.303 e. The predicted molar refractivity (Wildman–Crippen MR) is 43.3 cm³/mol. The molecule has 0 aromatic carbocycles. The highest BCUT2D eigenvalue weighted by Gasteiger charge is 1.90. The molecule has 11 heavy (non-hydrogen) atoms. The van der Waals surface area contributed by atoms with Gasteiger partial charge < -0.3 is 15.9 Å². The Kier molecular flexibility index (Phi) is 14.3. The van der Waals surface area contributed by atoms with Crippen LogP contribution in [0.2, 0.25) is 0 Å². The number of aliphatic hydroxyl groups is 1. The van der Waals surface area contributed by atoms with Crippen LogP contribution in [-0.2, 0) is 4.79 Å². The SMILES string of the molecule is CCCCC(=O)O.NCCO. The van der Waals surface area contributed by atoms with Crippen LogP contribution in [-0.4, -0.2) is 29.3 Å². The minimum atomic E-state index is -0.693. The number of carboxylic acids is 1. The molecule has 0 aromatic rings. The fourth-order valence-electron chi connectivity index (χ4n) is 0.328. The van der Waals surface area contributed by atoms with E-state index in [0.717, 1.165) is 12.8 Å². The summed E-state index contributed by atoms with van der Waals surface area (Å²) in [6.45, 7) is 2.45. The van der Waals surface area contributed by atoms with Gasteiger partial charge in [-0.05, 0) is 6.42 Å². The van der Waals surface area contributed by atoms with Crippen LogP contribution in [0.3, 0.4) is 0 Å². The lowest BCUT2D eigenvalue weighted by Gasteiger charge is -1.85. The minimum absolute atomic E-state index is 0.0972. The highest BCUT2D eigenvalue weighted by atomic mass is 16.4. The average Bonchev–Trinajstić information content (AvgIpc) is 2.01. The fourth-order valence-corrected chi connectivity index (χ4v) is 0.328. The van der Waals surface area contributed by atoms with Crippen LogP contribution in [0.1, 0.15) is 26.2 Å². The van der Waals surface area contributed by atoms with Gasteiger partial charge in [0.25, 0.3) is 0 Å². The molecule has 0 unspecified atom stereocenters. The average molecular weight is 163 g/mol. The van der Waals surface area contributed by atoms with E-state index in [1.54, 1.807) is 0 Å². The van der Waals surface area contributed by atoms with Gasteiger partial charge in [-0.2, -0.15) is 0 Å². The molecule has 0 atom stereocenters. The van der Waals surface area contributed by atoms with E-state index in [1.165, 1.54) is 0 Å². The Balaban J connectivity index is 0. The van der Waals surface area contributed by atoms with Crippen LogP contribution in [0.4, 0.5) is 0 Å². The number of carboxylic acid groups (broad SMARTS) is 1. The number of aliphatic carboxylic acids is 1. The Labute approximate surface area is 67.0 Å². The maximum absolute atomic E-state index is 9.76. The molecule has 4 nitrogen and oxygen atoms in total. The summed E-state index contributed by atoms with van der Waals surface area (Å²) in [5.41, 5.74) is 4.78. The summed E-state index contributed by atoms with van der Waals surface area (Å²) in [5, 5.41) is 15.8. The number of aliphatic hydroxyl groups excluding tert-OH is 1. The standard InChI is InChI=1S/C5H10O2.C2H7NO/c1-2-3-4-5(6)7;3-1-2-4/h2-4H2,1H3,(H,6,7);4H,1-3H2. The Morgan fingerprint density at radius 1 is 1.55 bits per heavy atom. The van der Waals surface area contributed by atoms with Gasteiger partial charge >= 0.3 is 5.97 Å². The Bertz CT molecular complexity index is 83.8. The fraction of sp³-hybridized carbons (Fsp3) is 0.857. The van der Waals surface area contributed by atoms with E-state index in [1.807, 2.05) is 6.92 Å². The highest BCUT2D eigenvalue weighted by Crippen LogP contribution is 1.91. The molecule has 0 saturated heterocycles. The summed E-state index contributed by atoms with van der Waals surface area (Å²) in [4.78, 5) is 9.76. The van der Waals surface area contributed by atoms with Crippen molar-refractivity contribution >= 4 is 5.97 Å². The molecule has 0 radical (unpaired) electrons. The number of rotatable bonds is 4. The van der Waals surface area contributed by atoms with Gasteiger partial charge in [0.05, 0.1) is 6.61 Å². The third-order valence-electron chi connectivity index (χ3n) is 0.873. The van der Waals surface area contributed by atoms with E-state index in [4.69, 9.17) is 15.9 Å². The predicted octanol–water partition coefficient (Wildman–Crippen LogP) is 0.199. The maximum atomic E-state index is 9.76. The maximum Gasteiger partial charge on any atom is 0.303 e. The summed E-state index contributed by atoms with van der Waals surface area (Å²) in [7, 11) is 0. The lowest BCUT2D eigenvalue weighted by molar-refractivity contribution is -0.137. The molecule has 4 heteroatoms. The molecule has 0 fully saturated rings. The number of unbranched alkanes of at least 4 members (excludes halogenated alkanes) is 1. The minimum Gasteiger partial charge on any atom is -0.481 e. The van der Waals surface area contributed by atoms with Gasteiger partial charge in [0, 0.05) is 13.0 Å². The van der Waals surface area contributed by atoms with Crippen molar-refractivity contribution in [3.63, 3.8) is 0 Å². The second-order valence-electron chi connectivity index (χ2n) is 2.01. The van der Waals surface area contributed by atoms with Crippen molar-refractivity contribution in [2.24, 2.45) is 5.73 Å². The van der Waals surface area contributed by atoms with Gasteiger partial charge in [-0.15, -0.1) is 0 Å². The van der Waals surface area contributed by atoms with Crippen molar-refractivity contribution in [1.82, 2.24) is 0 Å². The van der Waals surface area contributed by atoms with Crippen LogP contribution in [0.15, 0.2) is 0 Å². The quantitative estimate of drug-likeness (QED) is 0.552. The van der Waals surface area contributed by atoms with E-state index >= 15 is 0 Å². The molecule has 0 aliphatic rings. The largest absolute Gasteiger partial charge is 0.481 e. The van der Waals surface area contributed by atoms with E-state index in [9.17, 15) is 4.79 Å². The van der Waals surface area contributed by atoms with E-state index in [0.29, 0.717) is 13.0 Å². The molecule has 68 valence electrons. The van der Waals surface area contributed by atoms with E-state index < -0.39 is 5.97 Å². The first-order valence-corrected chi connectivity index (χ1v) is 3.71. The Hall–Kier alpha value is -0.610. The number of carbonyl (C=O) groups is 1. The summed E-state index contributed by atoms with van der Waals surface area (Å²) >= 11 is 0. The first-order valence-electron chi connectivity index (χ1n) is 3.71. The van der Waals surface area contributed by atoms with E-state index in [-0.39, 0.29) is 6.61 Å². The van der Waals surface area contributed by atoms with Gasteiger partial charge in [-0.25, -0.2) is 0 Å². The van der Waals surface area contributed by atoms with Crippen LogP contribution >= 0.6 is 0 Å². The lowest BCUT2D eigenvalue weighted by Crippen LogP contribution is -2.02. The normalized spacial score (nSPS) is 8.27.